The number of ether oxygens (including phenoxy) is 1. The summed E-state index contributed by atoms with van der Waals surface area (Å²) in [7, 11) is 0.893. The number of benzene rings is 2. The van der Waals surface area contributed by atoms with Crippen LogP contribution < -0.4 is 10.7 Å². The van der Waals surface area contributed by atoms with Crippen LogP contribution in [0.4, 0.5) is 0 Å². The number of hydrazone groups is 1. The van der Waals surface area contributed by atoms with Gasteiger partial charge in [-0.3, -0.25) is 14.6 Å². The SMILES string of the molecule is CNCc1ccc(C2NN=C(c3nc(-c4ccc(S(=O)C(C)C)c(C)c4)cnc3C)O2)cc1. The Bertz CT molecular complexity index is 1210. The Hall–Kier alpha value is -3.10. The van der Waals surface area contributed by atoms with Gasteiger partial charge in [-0.1, -0.05) is 44.2 Å². The Balaban J connectivity index is 1.56. The summed E-state index contributed by atoms with van der Waals surface area (Å²) in [6.07, 6.45) is 1.37. The molecule has 3 aromatic rings. The highest BCUT2D eigenvalue weighted by atomic mass is 32.2. The second-order valence-corrected chi connectivity index (χ2v) is 10.3. The van der Waals surface area contributed by atoms with E-state index in [9.17, 15) is 4.21 Å². The first-order chi connectivity index (χ1) is 15.9. The lowest BCUT2D eigenvalue weighted by atomic mass is 10.1. The van der Waals surface area contributed by atoms with Crippen LogP contribution in [-0.2, 0) is 22.1 Å². The minimum atomic E-state index is -1.03. The molecule has 1 aromatic heterocycles. The Morgan fingerprint density at radius 2 is 1.91 bits per heavy atom. The van der Waals surface area contributed by atoms with E-state index in [4.69, 9.17) is 9.72 Å². The Kier molecular flexibility index (Phi) is 6.85. The summed E-state index contributed by atoms with van der Waals surface area (Å²) in [4.78, 5) is 10.2. The highest BCUT2D eigenvalue weighted by molar-refractivity contribution is 7.85. The predicted molar refractivity (Wildman–Crippen MR) is 131 cm³/mol. The molecule has 1 aliphatic rings. The van der Waals surface area contributed by atoms with Crippen LogP contribution in [0.5, 0.6) is 0 Å². The molecule has 7 nitrogen and oxygen atoms in total. The molecule has 0 amide bonds. The lowest BCUT2D eigenvalue weighted by molar-refractivity contribution is 0.191. The highest BCUT2D eigenvalue weighted by Gasteiger charge is 2.25. The third kappa shape index (κ3) is 4.96. The topological polar surface area (TPSA) is 88.5 Å². The van der Waals surface area contributed by atoms with E-state index < -0.39 is 10.8 Å². The van der Waals surface area contributed by atoms with Gasteiger partial charge in [0, 0.05) is 27.8 Å². The number of hydrogen-bond donors (Lipinski definition) is 2. The maximum absolute atomic E-state index is 12.5. The molecule has 2 unspecified atom stereocenters. The van der Waals surface area contributed by atoms with E-state index in [0.29, 0.717) is 17.3 Å². The average Bonchev–Trinajstić information content (AvgIpc) is 3.29. The van der Waals surface area contributed by atoms with E-state index in [-0.39, 0.29) is 11.5 Å². The Morgan fingerprint density at radius 3 is 2.58 bits per heavy atom. The third-order valence-electron chi connectivity index (χ3n) is 5.45. The molecule has 2 aromatic carbocycles. The predicted octanol–water partition coefficient (Wildman–Crippen LogP) is 3.98. The first-order valence-corrected chi connectivity index (χ1v) is 12.2. The summed E-state index contributed by atoms with van der Waals surface area (Å²) in [6.45, 7) is 8.60. The number of hydrogen-bond acceptors (Lipinski definition) is 7. The van der Waals surface area contributed by atoms with E-state index >= 15 is 0 Å². The molecule has 172 valence electrons. The quantitative estimate of drug-likeness (QED) is 0.551. The molecule has 4 rings (SSSR count). The standard InChI is InChI=1S/C25H29N5O2S/c1-15(2)33(31)22-11-10-20(12-16(22)3)21-14-27-17(4)23(28-21)25-30-29-24(32-25)19-8-6-18(7-9-19)13-26-5/h6-12,14-15,24,26,29H,13H2,1-5H3. The average molecular weight is 464 g/mol. The monoisotopic (exact) mass is 463 g/mol. The van der Waals surface area contributed by atoms with Crippen molar-refractivity contribution in [3.8, 4) is 11.3 Å². The Labute approximate surface area is 197 Å². The van der Waals surface area contributed by atoms with Gasteiger partial charge in [-0.25, -0.2) is 4.98 Å². The van der Waals surface area contributed by atoms with Gasteiger partial charge in [-0.15, -0.1) is 5.10 Å². The van der Waals surface area contributed by atoms with Crippen molar-refractivity contribution in [3.63, 3.8) is 0 Å². The van der Waals surface area contributed by atoms with Crippen molar-refractivity contribution in [1.29, 1.82) is 0 Å². The molecule has 1 aliphatic heterocycles. The number of nitrogens with zero attached hydrogens (tertiary/aromatic N) is 3. The third-order valence-corrected chi connectivity index (χ3v) is 7.20. The van der Waals surface area contributed by atoms with Crippen molar-refractivity contribution in [2.75, 3.05) is 7.05 Å². The molecule has 2 N–H and O–H groups in total. The van der Waals surface area contributed by atoms with Crippen LogP contribution in [0.1, 0.15) is 48.2 Å². The van der Waals surface area contributed by atoms with Gasteiger partial charge in [-0.2, -0.15) is 0 Å². The highest BCUT2D eigenvalue weighted by Crippen LogP contribution is 2.26. The summed E-state index contributed by atoms with van der Waals surface area (Å²) in [5, 5.41) is 7.59. The van der Waals surface area contributed by atoms with Crippen LogP contribution in [-0.4, -0.2) is 32.4 Å². The largest absolute Gasteiger partial charge is 0.445 e. The zero-order chi connectivity index (χ0) is 23.5. The number of rotatable bonds is 7. The second kappa shape index (κ2) is 9.80. The van der Waals surface area contributed by atoms with E-state index in [1.54, 1.807) is 6.20 Å². The summed E-state index contributed by atoms with van der Waals surface area (Å²) >= 11 is 0. The normalized spacial score (nSPS) is 16.3. The van der Waals surface area contributed by atoms with Gasteiger partial charge in [0.15, 0.2) is 0 Å². The van der Waals surface area contributed by atoms with Crippen LogP contribution in [0.15, 0.2) is 58.7 Å². The van der Waals surface area contributed by atoms with Gasteiger partial charge >= 0.3 is 0 Å². The van der Waals surface area contributed by atoms with Gasteiger partial charge in [0.2, 0.25) is 6.23 Å². The fourth-order valence-corrected chi connectivity index (χ4v) is 4.71. The minimum Gasteiger partial charge on any atom is -0.445 e. The number of aryl methyl sites for hydroxylation is 2. The van der Waals surface area contributed by atoms with Gasteiger partial charge in [0.1, 0.15) is 5.69 Å². The smallest absolute Gasteiger partial charge is 0.261 e. The van der Waals surface area contributed by atoms with Crippen molar-refractivity contribution >= 4 is 16.7 Å². The summed E-state index contributed by atoms with van der Waals surface area (Å²) in [5.74, 6) is 0.417. The molecule has 0 saturated heterocycles. The summed E-state index contributed by atoms with van der Waals surface area (Å²) < 4.78 is 18.6. The van der Waals surface area contributed by atoms with Crippen molar-refractivity contribution < 1.29 is 8.95 Å². The first kappa shape index (κ1) is 23.1. The molecule has 0 saturated carbocycles. The van der Waals surface area contributed by atoms with Crippen LogP contribution in [0.2, 0.25) is 0 Å². The zero-order valence-corrected chi connectivity index (χ0v) is 20.4. The maximum Gasteiger partial charge on any atom is 0.261 e. The van der Waals surface area contributed by atoms with Gasteiger partial charge in [-0.05, 0) is 44.2 Å². The van der Waals surface area contributed by atoms with Gasteiger partial charge < -0.3 is 10.1 Å². The molecule has 0 spiro atoms. The van der Waals surface area contributed by atoms with E-state index in [2.05, 4.69) is 33.0 Å². The fourth-order valence-electron chi connectivity index (χ4n) is 3.63. The van der Waals surface area contributed by atoms with Gasteiger partial charge in [0.05, 0.1) is 28.4 Å². The van der Waals surface area contributed by atoms with E-state index in [0.717, 1.165) is 33.8 Å². The minimum absolute atomic E-state index is 0.0674. The van der Waals surface area contributed by atoms with Crippen molar-refractivity contribution in [2.45, 2.75) is 50.6 Å². The lowest BCUT2D eigenvalue weighted by Gasteiger charge is -2.13. The molecule has 2 atom stereocenters. The van der Waals surface area contributed by atoms with Crippen molar-refractivity contribution in [1.82, 2.24) is 20.7 Å². The molecular formula is C25H29N5O2S. The molecule has 8 heteroatoms. The summed E-state index contributed by atoms with van der Waals surface area (Å²) in [6, 6.07) is 14.1. The van der Waals surface area contributed by atoms with Crippen LogP contribution in [0.3, 0.4) is 0 Å². The second-order valence-electron chi connectivity index (χ2n) is 8.33. The molecule has 33 heavy (non-hydrogen) atoms. The molecule has 2 heterocycles. The fraction of sp³-hybridized carbons (Fsp3) is 0.320. The molecule has 0 aliphatic carbocycles. The number of nitrogens with one attached hydrogen (secondary N) is 2. The van der Waals surface area contributed by atoms with E-state index in [1.807, 2.05) is 65.1 Å². The molecule has 0 fully saturated rings. The van der Waals surface area contributed by atoms with E-state index in [1.165, 1.54) is 5.56 Å². The lowest BCUT2D eigenvalue weighted by Crippen LogP contribution is -2.14. The Morgan fingerprint density at radius 1 is 1.15 bits per heavy atom. The molecular weight excluding hydrogens is 434 g/mol. The van der Waals surface area contributed by atoms with Crippen LogP contribution >= 0.6 is 0 Å². The van der Waals surface area contributed by atoms with Crippen molar-refractivity contribution in [3.05, 3.63) is 76.7 Å². The van der Waals surface area contributed by atoms with Crippen LogP contribution in [0, 0.1) is 13.8 Å². The van der Waals surface area contributed by atoms with Crippen LogP contribution in [0.25, 0.3) is 11.3 Å². The molecule has 0 bridgehead atoms. The first-order valence-electron chi connectivity index (χ1n) is 11.0. The molecule has 0 radical (unpaired) electrons. The van der Waals surface area contributed by atoms with Gasteiger partial charge in [0.25, 0.3) is 5.90 Å². The maximum atomic E-state index is 12.5. The summed E-state index contributed by atoms with van der Waals surface area (Å²) in [5.41, 5.74) is 9.17. The number of aromatic nitrogens is 2. The zero-order valence-electron chi connectivity index (χ0n) is 19.5. The van der Waals surface area contributed by atoms with Crippen molar-refractivity contribution in [2.24, 2.45) is 5.10 Å².